The van der Waals surface area contributed by atoms with E-state index in [9.17, 15) is 9.59 Å². The third kappa shape index (κ3) is 6.50. The Labute approximate surface area is 247 Å². The molecular weight excluding hydrogens is 563 g/mol. The molecule has 1 aliphatic rings. The zero-order valence-corrected chi connectivity index (χ0v) is 23.9. The molecule has 220 valence electrons. The number of alkyl halides is 2. The first-order valence-corrected chi connectivity index (χ1v) is 14.0. The molecule has 0 aliphatic carbocycles. The predicted octanol–water partition coefficient (Wildman–Crippen LogP) is 4.71. The topological polar surface area (TPSA) is 80.9 Å². The highest BCUT2D eigenvalue weighted by Crippen LogP contribution is 2.42. The molecule has 0 unspecified atom stereocenters. The monoisotopic (exact) mass is 594 g/mol. The zero-order valence-electron chi connectivity index (χ0n) is 23.1. The van der Waals surface area contributed by atoms with Crippen LogP contribution in [0.2, 0.25) is 0 Å². The number of halogens is 2. The van der Waals surface area contributed by atoms with E-state index < -0.39 is 41.2 Å². The van der Waals surface area contributed by atoms with Crippen LogP contribution in [0.3, 0.4) is 0 Å². The molecule has 1 aromatic heterocycles. The first-order valence-electron chi connectivity index (χ1n) is 13.5. The molecule has 0 N–H and O–H groups in total. The van der Waals surface area contributed by atoms with Gasteiger partial charge in [-0.3, -0.25) is 13.9 Å². The summed E-state index contributed by atoms with van der Waals surface area (Å²) in [5, 5.41) is -0.977. The third-order valence-electron chi connectivity index (χ3n) is 7.26. The number of ether oxygens (including phenoxy) is 4. The lowest BCUT2D eigenvalue weighted by atomic mass is 9.98. The summed E-state index contributed by atoms with van der Waals surface area (Å²) in [5.74, 6) is 0.652. The fourth-order valence-electron chi connectivity index (χ4n) is 4.99. The van der Waals surface area contributed by atoms with Gasteiger partial charge in [0.25, 0.3) is 5.56 Å². The standard InChI is InChI=1S/C32H32ClFN2O6/c1-39-26-14-12-23(13-15-26)18-36-27(37)16-17-35(31(36)38)30-28(33)29(41-20-25-10-6-3-7-11-25)32(21-34,42-30)22-40-19-24-8-4-2-5-9-24/h2-17,28-30H,18-22H2,1H3/t28-,29+,30-,32-/m1/s1. The summed E-state index contributed by atoms with van der Waals surface area (Å²) in [6.45, 7) is -0.748. The number of benzene rings is 3. The first-order chi connectivity index (χ1) is 20.4. The molecule has 2 heterocycles. The van der Waals surface area contributed by atoms with E-state index in [0.29, 0.717) is 5.75 Å². The average molecular weight is 595 g/mol. The highest BCUT2D eigenvalue weighted by atomic mass is 35.5. The molecule has 0 amide bonds. The predicted molar refractivity (Wildman–Crippen MR) is 157 cm³/mol. The summed E-state index contributed by atoms with van der Waals surface area (Å²) in [4.78, 5) is 26.4. The normalized spacial score (nSPS) is 21.8. The van der Waals surface area contributed by atoms with E-state index in [2.05, 4.69) is 0 Å². The van der Waals surface area contributed by atoms with Gasteiger partial charge < -0.3 is 18.9 Å². The van der Waals surface area contributed by atoms with Crippen molar-refractivity contribution in [2.75, 3.05) is 20.4 Å². The smallest absolute Gasteiger partial charge is 0.333 e. The SMILES string of the molecule is COc1ccc(Cn2c(=O)ccn([C@@H]3O[C@](CF)(COCc4ccccc4)[C@@H](OCc4ccccc4)[C@H]3Cl)c2=O)cc1. The van der Waals surface area contributed by atoms with E-state index in [1.54, 1.807) is 31.4 Å². The summed E-state index contributed by atoms with van der Waals surface area (Å²) in [6.07, 6.45) is -0.777. The van der Waals surface area contributed by atoms with Gasteiger partial charge in [0.05, 0.1) is 33.5 Å². The fraction of sp³-hybridized carbons (Fsp3) is 0.312. The van der Waals surface area contributed by atoms with E-state index in [-0.39, 0.29) is 26.4 Å². The molecule has 4 atom stereocenters. The van der Waals surface area contributed by atoms with Crippen molar-refractivity contribution in [2.24, 2.45) is 0 Å². The Balaban J connectivity index is 1.43. The van der Waals surface area contributed by atoms with Crippen molar-refractivity contribution in [3.63, 3.8) is 0 Å². The van der Waals surface area contributed by atoms with E-state index in [1.165, 1.54) is 16.8 Å². The van der Waals surface area contributed by atoms with Crippen molar-refractivity contribution in [3.05, 3.63) is 135 Å². The molecule has 1 fully saturated rings. The van der Waals surface area contributed by atoms with Crippen LogP contribution in [0.25, 0.3) is 0 Å². The number of hydrogen-bond acceptors (Lipinski definition) is 6. The van der Waals surface area contributed by atoms with E-state index in [1.807, 2.05) is 60.7 Å². The molecule has 0 spiro atoms. The van der Waals surface area contributed by atoms with Crippen LogP contribution >= 0.6 is 11.6 Å². The Morgan fingerprint density at radius 3 is 2.14 bits per heavy atom. The maximum absolute atomic E-state index is 15.0. The summed E-state index contributed by atoms with van der Waals surface area (Å²) < 4.78 is 40.9. The van der Waals surface area contributed by atoms with Crippen molar-refractivity contribution in [1.29, 1.82) is 0 Å². The van der Waals surface area contributed by atoms with E-state index in [0.717, 1.165) is 21.3 Å². The Bertz CT molecular complexity index is 1560. The van der Waals surface area contributed by atoms with Crippen LogP contribution in [-0.2, 0) is 34.0 Å². The van der Waals surface area contributed by atoms with Crippen LogP contribution < -0.4 is 16.0 Å². The zero-order chi connectivity index (χ0) is 29.5. The minimum atomic E-state index is -1.60. The van der Waals surface area contributed by atoms with E-state index in [4.69, 9.17) is 30.5 Å². The molecular formula is C32H32ClFN2O6. The van der Waals surface area contributed by atoms with Crippen molar-refractivity contribution in [2.45, 2.75) is 43.1 Å². The highest BCUT2D eigenvalue weighted by Gasteiger charge is 2.57. The van der Waals surface area contributed by atoms with Gasteiger partial charge in [-0.1, -0.05) is 72.8 Å². The molecule has 10 heteroatoms. The van der Waals surface area contributed by atoms with Crippen LogP contribution in [-0.4, -0.2) is 46.6 Å². The minimum Gasteiger partial charge on any atom is -0.497 e. The molecule has 0 radical (unpaired) electrons. The molecule has 0 saturated carbocycles. The lowest BCUT2D eigenvalue weighted by Crippen LogP contribution is -2.49. The molecule has 5 rings (SSSR count). The van der Waals surface area contributed by atoms with Crippen LogP contribution in [0.5, 0.6) is 5.75 Å². The molecule has 3 aromatic carbocycles. The Morgan fingerprint density at radius 2 is 1.52 bits per heavy atom. The third-order valence-corrected chi connectivity index (χ3v) is 7.71. The maximum atomic E-state index is 15.0. The van der Waals surface area contributed by atoms with E-state index >= 15 is 4.39 Å². The molecule has 4 aromatic rings. The van der Waals surface area contributed by atoms with Gasteiger partial charge in [0.15, 0.2) is 6.23 Å². The fourth-order valence-corrected chi connectivity index (χ4v) is 5.46. The van der Waals surface area contributed by atoms with Crippen LogP contribution in [0.4, 0.5) is 4.39 Å². The first kappa shape index (κ1) is 29.7. The van der Waals surface area contributed by atoms with Crippen LogP contribution in [0, 0.1) is 0 Å². The summed E-state index contributed by atoms with van der Waals surface area (Å²) in [7, 11) is 1.56. The number of nitrogens with zero attached hydrogens (tertiary/aromatic N) is 2. The average Bonchev–Trinajstić information content (AvgIpc) is 3.30. The maximum Gasteiger partial charge on any atom is 0.333 e. The number of aromatic nitrogens is 2. The number of methoxy groups -OCH3 is 1. The lowest BCUT2D eigenvalue weighted by Gasteiger charge is -2.32. The molecule has 1 saturated heterocycles. The second-order valence-corrected chi connectivity index (χ2v) is 10.6. The van der Waals surface area contributed by atoms with Crippen molar-refractivity contribution in [1.82, 2.24) is 9.13 Å². The van der Waals surface area contributed by atoms with Gasteiger partial charge in [-0.25, -0.2) is 9.18 Å². The number of hydrogen-bond donors (Lipinski definition) is 0. The highest BCUT2D eigenvalue weighted by molar-refractivity contribution is 6.21. The number of rotatable bonds is 12. The largest absolute Gasteiger partial charge is 0.497 e. The molecule has 0 bridgehead atoms. The summed E-state index contributed by atoms with van der Waals surface area (Å²) in [5.41, 5.74) is -0.234. The minimum absolute atomic E-state index is 0.0184. The molecule has 8 nitrogen and oxygen atoms in total. The van der Waals surface area contributed by atoms with Gasteiger partial charge in [-0.2, -0.15) is 0 Å². The summed E-state index contributed by atoms with van der Waals surface area (Å²) in [6, 6.07) is 27.2. The van der Waals surface area contributed by atoms with Crippen molar-refractivity contribution in [3.8, 4) is 5.75 Å². The van der Waals surface area contributed by atoms with Gasteiger partial charge in [0.2, 0.25) is 0 Å². The van der Waals surface area contributed by atoms with Crippen LogP contribution in [0.1, 0.15) is 22.9 Å². The van der Waals surface area contributed by atoms with Crippen LogP contribution in [0.15, 0.2) is 107 Å². The lowest BCUT2D eigenvalue weighted by molar-refractivity contribution is -0.165. The van der Waals surface area contributed by atoms with Gasteiger partial charge in [-0.15, -0.1) is 11.6 Å². The van der Waals surface area contributed by atoms with Gasteiger partial charge >= 0.3 is 5.69 Å². The van der Waals surface area contributed by atoms with Gasteiger partial charge in [0, 0.05) is 12.3 Å². The van der Waals surface area contributed by atoms with Gasteiger partial charge in [-0.05, 0) is 28.8 Å². The summed E-state index contributed by atoms with van der Waals surface area (Å²) >= 11 is 6.93. The Hall–Kier alpha value is -3.76. The molecule has 42 heavy (non-hydrogen) atoms. The quantitative estimate of drug-likeness (QED) is 0.221. The Morgan fingerprint density at radius 1 is 0.881 bits per heavy atom. The van der Waals surface area contributed by atoms with Crippen molar-refractivity contribution < 1.29 is 23.3 Å². The van der Waals surface area contributed by atoms with Gasteiger partial charge in [0.1, 0.15) is 29.5 Å². The second-order valence-electron chi connectivity index (χ2n) is 10.1. The second kappa shape index (κ2) is 13.5. The molecule has 1 aliphatic heterocycles. The van der Waals surface area contributed by atoms with Crippen molar-refractivity contribution >= 4 is 11.6 Å². The Kier molecular flexibility index (Phi) is 9.54.